The van der Waals surface area contributed by atoms with Gasteiger partial charge in [-0.15, -0.1) is 11.3 Å². The van der Waals surface area contributed by atoms with Crippen molar-refractivity contribution in [1.82, 2.24) is 4.72 Å². The number of nitrogens with one attached hydrogen (secondary N) is 1. The van der Waals surface area contributed by atoms with Crippen LogP contribution in [0.2, 0.25) is 0 Å². The maximum Gasteiger partial charge on any atom is 0.250 e. The van der Waals surface area contributed by atoms with Crippen molar-refractivity contribution in [2.45, 2.75) is 43.4 Å². The summed E-state index contributed by atoms with van der Waals surface area (Å²) >= 11 is 1.15. The van der Waals surface area contributed by atoms with Gasteiger partial charge in [-0.1, -0.05) is 12.8 Å². The van der Waals surface area contributed by atoms with Gasteiger partial charge >= 0.3 is 0 Å². The van der Waals surface area contributed by atoms with Gasteiger partial charge in [0, 0.05) is 11.4 Å². The molecule has 18 heavy (non-hydrogen) atoms. The average molecular weight is 289 g/mol. The molecule has 1 aromatic rings. The molecule has 0 saturated heterocycles. The number of aryl methyl sites for hydroxylation is 1. The molecule has 0 aromatic carbocycles. The Bertz CT molecular complexity index is 501. The Morgan fingerprint density at radius 1 is 1.44 bits per heavy atom. The minimum Gasteiger partial charge on any atom is -0.391 e. The quantitative estimate of drug-likeness (QED) is 0.871. The lowest BCUT2D eigenvalue weighted by atomic mass is 10.1. The number of aliphatic hydroxyl groups is 1. The number of sulfonamides is 1. The molecule has 6 heteroatoms. The molecule has 4 nitrogen and oxygen atoms in total. The van der Waals surface area contributed by atoms with Crippen molar-refractivity contribution in [3.8, 4) is 0 Å². The summed E-state index contributed by atoms with van der Waals surface area (Å²) in [6.07, 6.45) is 4.65. The lowest BCUT2D eigenvalue weighted by Crippen LogP contribution is -2.27. The van der Waals surface area contributed by atoms with E-state index in [0.717, 1.165) is 34.6 Å². The zero-order chi connectivity index (χ0) is 13.2. The minimum atomic E-state index is -3.40. The second-order valence-electron chi connectivity index (χ2n) is 4.83. The molecule has 0 radical (unpaired) electrons. The molecule has 1 heterocycles. The van der Waals surface area contributed by atoms with Crippen LogP contribution in [0.3, 0.4) is 0 Å². The first-order valence-corrected chi connectivity index (χ1v) is 8.52. The molecule has 1 saturated carbocycles. The van der Waals surface area contributed by atoms with Gasteiger partial charge in [0.25, 0.3) is 0 Å². The molecule has 0 spiro atoms. The van der Waals surface area contributed by atoms with E-state index in [9.17, 15) is 8.42 Å². The number of thiophene rings is 1. The first-order valence-electron chi connectivity index (χ1n) is 6.23. The second kappa shape index (κ2) is 5.69. The minimum absolute atomic E-state index is 0.103. The summed E-state index contributed by atoms with van der Waals surface area (Å²) in [5, 5.41) is 9.10. The fourth-order valence-corrected chi connectivity index (χ4v) is 4.90. The number of aliphatic hydroxyl groups excluding tert-OH is 1. The molecule has 102 valence electrons. The van der Waals surface area contributed by atoms with E-state index in [0.29, 0.717) is 16.7 Å². The molecule has 1 aliphatic carbocycles. The van der Waals surface area contributed by atoms with Gasteiger partial charge in [-0.3, -0.25) is 0 Å². The van der Waals surface area contributed by atoms with Crippen LogP contribution in [0, 0.1) is 12.8 Å². The van der Waals surface area contributed by atoms with Crippen molar-refractivity contribution in [2.75, 3.05) is 6.54 Å². The lowest BCUT2D eigenvalue weighted by molar-refractivity contribution is 0.285. The smallest absolute Gasteiger partial charge is 0.250 e. The summed E-state index contributed by atoms with van der Waals surface area (Å²) in [5.41, 5.74) is 0.837. The first-order chi connectivity index (χ1) is 8.53. The predicted octanol–water partition coefficient (Wildman–Crippen LogP) is 2.02. The largest absolute Gasteiger partial charge is 0.391 e. The van der Waals surface area contributed by atoms with E-state index in [1.54, 1.807) is 6.07 Å². The van der Waals surface area contributed by atoms with Gasteiger partial charge in [0.05, 0.1) is 6.61 Å². The molecule has 1 aromatic heterocycles. The van der Waals surface area contributed by atoms with Gasteiger partial charge in [0.15, 0.2) is 0 Å². The van der Waals surface area contributed by atoms with Crippen molar-refractivity contribution >= 4 is 21.4 Å². The average Bonchev–Trinajstić information content (AvgIpc) is 2.95. The van der Waals surface area contributed by atoms with E-state index in [2.05, 4.69) is 4.72 Å². The standard InChI is InChI=1S/C12H19NO3S2/c1-9-6-12(17-11(9)8-14)18(15,16)13-7-10-4-2-3-5-10/h6,10,13-14H,2-5,7-8H2,1H3. The third kappa shape index (κ3) is 3.12. The van der Waals surface area contributed by atoms with E-state index in [4.69, 9.17) is 5.11 Å². The van der Waals surface area contributed by atoms with E-state index in [-0.39, 0.29) is 6.61 Å². The molecular formula is C12H19NO3S2. The van der Waals surface area contributed by atoms with E-state index in [1.807, 2.05) is 6.92 Å². The summed E-state index contributed by atoms with van der Waals surface area (Å²) in [4.78, 5) is 0.719. The van der Waals surface area contributed by atoms with Crippen LogP contribution in [-0.2, 0) is 16.6 Å². The highest BCUT2D eigenvalue weighted by Crippen LogP contribution is 2.27. The maximum atomic E-state index is 12.1. The van der Waals surface area contributed by atoms with E-state index < -0.39 is 10.0 Å². The Balaban J connectivity index is 2.04. The highest BCUT2D eigenvalue weighted by Gasteiger charge is 2.21. The predicted molar refractivity (Wildman–Crippen MR) is 72.1 cm³/mol. The summed E-state index contributed by atoms with van der Waals surface area (Å²) in [6, 6.07) is 1.63. The van der Waals surface area contributed by atoms with Crippen LogP contribution in [0.1, 0.15) is 36.1 Å². The van der Waals surface area contributed by atoms with Crippen LogP contribution in [0.5, 0.6) is 0 Å². The van der Waals surface area contributed by atoms with Gasteiger partial charge in [-0.2, -0.15) is 0 Å². The monoisotopic (exact) mass is 289 g/mol. The molecule has 1 fully saturated rings. The summed E-state index contributed by atoms with van der Waals surface area (Å²) < 4.78 is 27.2. The molecule has 0 atom stereocenters. The van der Waals surface area contributed by atoms with Crippen LogP contribution < -0.4 is 4.72 Å². The number of hydrogen-bond donors (Lipinski definition) is 2. The molecule has 1 aliphatic rings. The normalized spacial score (nSPS) is 17.4. The highest BCUT2D eigenvalue weighted by molar-refractivity contribution is 7.91. The van der Waals surface area contributed by atoms with Crippen LogP contribution in [0.25, 0.3) is 0 Å². The van der Waals surface area contributed by atoms with Crippen molar-refractivity contribution in [3.63, 3.8) is 0 Å². The van der Waals surface area contributed by atoms with Crippen molar-refractivity contribution in [2.24, 2.45) is 5.92 Å². The summed E-state index contributed by atoms with van der Waals surface area (Å²) in [6.45, 7) is 2.25. The second-order valence-corrected chi connectivity index (χ2v) is 7.96. The zero-order valence-electron chi connectivity index (χ0n) is 10.5. The Kier molecular flexibility index (Phi) is 4.42. The molecule has 2 rings (SSSR count). The van der Waals surface area contributed by atoms with Crippen molar-refractivity contribution in [3.05, 3.63) is 16.5 Å². The molecule has 0 unspecified atom stereocenters. The van der Waals surface area contributed by atoms with Crippen molar-refractivity contribution < 1.29 is 13.5 Å². The van der Waals surface area contributed by atoms with Gasteiger partial charge in [0.2, 0.25) is 10.0 Å². The van der Waals surface area contributed by atoms with Gasteiger partial charge in [0.1, 0.15) is 4.21 Å². The maximum absolute atomic E-state index is 12.1. The number of rotatable bonds is 5. The fourth-order valence-electron chi connectivity index (χ4n) is 2.29. The Morgan fingerprint density at radius 3 is 2.67 bits per heavy atom. The summed E-state index contributed by atoms with van der Waals surface area (Å²) in [5.74, 6) is 0.484. The third-order valence-corrected chi connectivity index (χ3v) is 6.56. The zero-order valence-corrected chi connectivity index (χ0v) is 12.1. The van der Waals surface area contributed by atoms with Gasteiger partial charge in [-0.05, 0) is 37.3 Å². The first kappa shape index (κ1) is 14.0. The molecule has 2 N–H and O–H groups in total. The molecule has 0 bridgehead atoms. The fraction of sp³-hybridized carbons (Fsp3) is 0.667. The van der Waals surface area contributed by atoms with Crippen LogP contribution in [-0.4, -0.2) is 20.1 Å². The van der Waals surface area contributed by atoms with Gasteiger partial charge < -0.3 is 5.11 Å². The van der Waals surface area contributed by atoms with Gasteiger partial charge in [-0.25, -0.2) is 13.1 Å². The topological polar surface area (TPSA) is 66.4 Å². The number of hydrogen-bond acceptors (Lipinski definition) is 4. The molecule has 0 amide bonds. The molecular weight excluding hydrogens is 270 g/mol. The van der Waals surface area contributed by atoms with Crippen LogP contribution in [0.15, 0.2) is 10.3 Å². The van der Waals surface area contributed by atoms with Crippen LogP contribution in [0.4, 0.5) is 0 Å². The Labute approximate surface area is 112 Å². The van der Waals surface area contributed by atoms with E-state index in [1.165, 1.54) is 12.8 Å². The lowest BCUT2D eigenvalue weighted by Gasteiger charge is -2.09. The van der Waals surface area contributed by atoms with Crippen molar-refractivity contribution in [1.29, 1.82) is 0 Å². The SMILES string of the molecule is Cc1cc(S(=O)(=O)NCC2CCCC2)sc1CO. The third-order valence-electron chi connectivity index (χ3n) is 3.44. The van der Waals surface area contributed by atoms with Crippen LogP contribution >= 0.6 is 11.3 Å². The molecule has 0 aliphatic heterocycles. The summed E-state index contributed by atoms with van der Waals surface area (Å²) in [7, 11) is -3.40. The Hall–Kier alpha value is -0.430. The van der Waals surface area contributed by atoms with E-state index >= 15 is 0 Å². The highest BCUT2D eigenvalue weighted by atomic mass is 32.2. The Morgan fingerprint density at radius 2 is 2.11 bits per heavy atom.